The van der Waals surface area contributed by atoms with Crippen LogP contribution in [0.2, 0.25) is 0 Å². The Labute approximate surface area is 86.3 Å². The van der Waals surface area contributed by atoms with Crippen LogP contribution >= 0.6 is 0 Å². The van der Waals surface area contributed by atoms with E-state index in [4.69, 9.17) is 5.73 Å². The molecule has 0 bridgehead atoms. The van der Waals surface area contributed by atoms with Gasteiger partial charge < -0.3 is 5.73 Å². The first-order valence-electron chi connectivity index (χ1n) is 5.29. The number of aryl methyl sites for hydroxylation is 2. The second-order valence-corrected chi connectivity index (χ2v) is 5.22. The molecule has 1 heteroatoms. The molecule has 0 saturated heterocycles. The summed E-state index contributed by atoms with van der Waals surface area (Å²) in [6, 6.07) is 4.82. The largest absolute Gasteiger partial charge is 0.324 e. The molecule has 1 aliphatic carbocycles. The lowest BCUT2D eigenvalue weighted by molar-refractivity contribution is 0.481. The number of nitrogens with two attached hydrogens (primary N) is 1. The van der Waals surface area contributed by atoms with Gasteiger partial charge in [-0.25, -0.2) is 0 Å². The second-order valence-electron chi connectivity index (χ2n) is 5.22. The molecule has 14 heavy (non-hydrogen) atoms. The Morgan fingerprint density at radius 2 is 1.79 bits per heavy atom. The van der Waals surface area contributed by atoms with Crippen LogP contribution in [0.5, 0.6) is 0 Å². The van der Waals surface area contributed by atoms with Gasteiger partial charge in [-0.05, 0) is 47.9 Å². The van der Waals surface area contributed by atoms with Crippen LogP contribution in [0.4, 0.5) is 0 Å². The third-order valence-corrected chi connectivity index (χ3v) is 3.52. The maximum Gasteiger partial charge on any atom is 0.0306 e. The molecule has 0 fully saturated rings. The van der Waals surface area contributed by atoms with Gasteiger partial charge in [0.1, 0.15) is 0 Å². The second kappa shape index (κ2) is 2.83. The van der Waals surface area contributed by atoms with E-state index in [9.17, 15) is 0 Å². The van der Waals surface area contributed by atoms with Gasteiger partial charge >= 0.3 is 0 Å². The molecule has 1 nitrogen and oxygen atoms in total. The van der Waals surface area contributed by atoms with Gasteiger partial charge in [0.2, 0.25) is 0 Å². The summed E-state index contributed by atoms with van der Waals surface area (Å²) in [4.78, 5) is 0. The van der Waals surface area contributed by atoms with Crippen LogP contribution in [0.3, 0.4) is 0 Å². The summed E-state index contributed by atoms with van der Waals surface area (Å²) in [5.74, 6) is 0. The molecule has 76 valence electrons. The standard InChI is InChI=1S/C13H19N/c1-8-5-10-11(6-9(8)2)13(3,4)7-12(10)14/h5-6,12H,7,14H2,1-4H3. The Balaban J connectivity index is 2.64. The molecule has 2 rings (SSSR count). The molecule has 0 radical (unpaired) electrons. The zero-order valence-electron chi connectivity index (χ0n) is 9.52. The Kier molecular flexibility index (Phi) is 1.97. The minimum absolute atomic E-state index is 0.235. The van der Waals surface area contributed by atoms with Gasteiger partial charge in [-0.15, -0.1) is 0 Å². The number of fused-ring (bicyclic) bond motifs is 1. The summed E-state index contributed by atoms with van der Waals surface area (Å²) in [6.07, 6.45) is 1.07. The summed E-state index contributed by atoms with van der Waals surface area (Å²) in [6.45, 7) is 8.91. The van der Waals surface area contributed by atoms with Crippen LogP contribution in [0.1, 0.15) is 48.6 Å². The molecular weight excluding hydrogens is 170 g/mol. The summed E-state index contributed by atoms with van der Waals surface area (Å²) >= 11 is 0. The summed E-state index contributed by atoms with van der Waals surface area (Å²) < 4.78 is 0. The number of hydrogen-bond acceptors (Lipinski definition) is 1. The molecule has 1 aliphatic rings. The summed E-state index contributed by atoms with van der Waals surface area (Å²) in [5.41, 5.74) is 11.9. The van der Waals surface area contributed by atoms with Crippen LogP contribution in [-0.2, 0) is 5.41 Å². The third kappa shape index (κ3) is 1.27. The van der Waals surface area contributed by atoms with Crippen LogP contribution in [-0.4, -0.2) is 0 Å². The van der Waals surface area contributed by atoms with E-state index in [2.05, 4.69) is 39.8 Å². The van der Waals surface area contributed by atoms with E-state index in [0.29, 0.717) is 0 Å². The van der Waals surface area contributed by atoms with Gasteiger partial charge in [0.15, 0.2) is 0 Å². The quantitative estimate of drug-likeness (QED) is 0.667. The van der Waals surface area contributed by atoms with Crippen molar-refractivity contribution in [2.24, 2.45) is 5.73 Å². The van der Waals surface area contributed by atoms with Crippen molar-refractivity contribution < 1.29 is 0 Å². The molecule has 1 atom stereocenters. The topological polar surface area (TPSA) is 26.0 Å². The fourth-order valence-corrected chi connectivity index (χ4v) is 2.50. The molecular formula is C13H19N. The van der Waals surface area contributed by atoms with E-state index in [1.165, 1.54) is 22.3 Å². The fraction of sp³-hybridized carbons (Fsp3) is 0.538. The molecule has 0 heterocycles. The molecule has 2 N–H and O–H groups in total. The van der Waals surface area contributed by atoms with Gasteiger partial charge in [-0.1, -0.05) is 26.0 Å². The zero-order chi connectivity index (χ0) is 10.5. The van der Waals surface area contributed by atoms with Crippen molar-refractivity contribution >= 4 is 0 Å². The van der Waals surface area contributed by atoms with E-state index >= 15 is 0 Å². The average Bonchev–Trinajstić information content (AvgIpc) is 2.26. The molecule has 0 spiro atoms. The average molecular weight is 189 g/mol. The highest BCUT2D eigenvalue weighted by Crippen LogP contribution is 2.44. The maximum absolute atomic E-state index is 6.14. The van der Waals surface area contributed by atoms with Gasteiger partial charge in [0.25, 0.3) is 0 Å². The summed E-state index contributed by atoms with van der Waals surface area (Å²) in [5, 5.41) is 0. The minimum atomic E-state index is 0.235. The monoisotopic (exact) mass is 189 g/mol. The smallest absolute Gasteiger partial charge is 0.0306 e. The van der Waals surface area contributed by atoms with Gasteiger partial charge in [-0.3, -0.25) is 0 Å². The van der Waals surface area contributed by atoms with Crippen molar-refractivity contribution in [3.63, 3.8) is 0 Å². The lowest BCUT2D eigenvalue weighted by Crippen LogP contribution is -2.14. The van der Waals surface area contributed by atoms with Gasteiger partial charge in [-0.2, -0.15) is 0 Å². The van der Waals surface area contributed by atoms with E-state index < -0.39 is 0 Å². The lowest BCUT2D eigenvalue weighted by atomic mass is 9.85. The fourth-order valence-electron chi connectivity index (χ4n) is 2.50. The Morgan fingerprint density at radius 1 is 1.21 bits per heavy atom. The van der Waals surface area contributed by atoms with E-state index in [1.54, 1.807) is 0 Å². The Bertz CT molecular complexity index is 377. The van der Waals surface area contributed by atoms with E-state index in [-0.39, 0.29) is 11.5 Å². The third-order valence-electron chi connectivity index (χ3n) is 3.52. The van der Waals surface area contributed by atoms with Crippen LogP contribution in [0, 0.1) is 13.8 Å². The predicted octanol–water partition coefficient (Wildman–Crippen LogP) is 2.98. The van der Waals surface area contributed by atoms with Crippen LogP contribution in [0.25, 0.3) is 0 Å². The zero-order valence-corrected chi connectivity index (χ0v) is 9.52. The van der Waals surface area contributed by atoms with Gasteiger partial charge in [0, 0.05) is 6.04 Å². The first-order valence-corrected chi connectivity index (χ1v) is 5.29. The summed E-state index contributed by atoms with van der Waals surface area (Å²) in [7, 11) is 0. The first kappa shape index (κ1) is 9.72. The van der Waals surface area contributed by atoms with Crippen molar-refractivity contribution in [1.82, 2.24) is 0 Å². The Hall–Kier alpha value is -0.820. The van der Waals surface area contributed by atoms with Crippen molar-refractivity contribution in [2.45, 2.75) is 45.6 Å². The number of benzene rings is 1. The number of hydrogen-bond donors (Lipinski definition) is 1. The van der Waals surface area contributed by atoms with E-state index in [1.807, 2.05) is 0 Å². The highest BCUT2D eigenvalue weighted by Gasteiger charge is 2.35. The van der Waals surface area contributed by atoms with Crippen molar-refractivity contribution in [3.05, 3.63) is 34.4 Å². The molecule has 0 saturated carbocycles. The molecule has 0 amide bonds. The highest BCUT2D eigenvalue weighted by atomic mass is 14.7. The molecule has 1 unspecified atom stereocenters. The highest BCUT2D eigenvalue weighted by molar-refractivity contribution is 5.46. The predicted molar refractivity (Wildman–Crippen MR) is 60.5 cm³/mol. The first-order chi connectivity index (χ1) is 6.42. The van der Waals surface area contributed by atoms with Crippen LogP contribution in [0.15, 0.2) is 12.1 Å². The minimum Gasteiger partial charge on any atom is -0.324 e. The van der Waals surface area contributed by atoms with Crippen LogP contribution < -0.4 is 5.73 Å². The van der Waals surface area contributed by atoms with Gasteiger partial charge in [0.05, 0.1) is 0 Å². The normalized spacial score (nSPS) is 23.6. The molecule has 1 aromatic carbocycles. The van der Waals surface area contributed by atoms with Crippen molar-refractivity contribution in [1.29, 1.82) is 0 Å². The maximum atomic E-state index is 6.14. The van der Waals surface area contributed by atoms with Crippen molar-refractivity contribution in [2.75, 3.05) is 0 Å². The lowest BCUT2D eigenvalue weighted by Gasteiger charge is -2.19. The van der Waals surface area contributed by atoms with E-state index in [0.717, 1.165) is 6.42 Å². The molecule has 1 aromatic rings. The Morgan fingerprint density at radius 3 is 2.43 bits per heavy atom. The SMILES string of the molecule is Cc1cc2c(cc1C)C(C)(C)CC2N. The number of rotatable bonds is 0. The molecule has 0 aliphatic heterocycles. The molecule has 0 aromatic heterocycles. The van der Waals surface area contributed by atoms with Crippen molar-refractivity contribution in [3.8, 4) is 0 Å².